The number of amides is 2. The van der Waals surface area contributed by atoms with Crippen LogP contribution in [0.15, 0.2) is 36.4 Å². The Hall–Kier alpha value is -2.50. The van der Waals surface area contributed by atoms with Crippen LogP contribution in [0.4, 0.5) is 4.79 Å². The molecule has 2 amide bonds. The highest BCUT2D eigenvalue weighted by Gasteiger charge is 2.20. The van der Waals surface area contributed by atoms with E-state index in [1.807, 2.05) is 19.1 Å². The maximum absolute atomic E-state index is 11.6. The molecule has 114 valence electrons. The largest absolute Gasteiger partial charge is 0.508 e. The summed E-state index contributed by atoms with van der Waals surface area (Å²) in [5, 5.41) is 23.3. The third-order valence-corrected chi connectivity index (χ3v) is 2.81. The molecule has 0 unspecified atom stereocenters. The Bertz CT molecular complexity index is 497. The van der Waals surface area contributed by atoms with Crippen LogP contribution in [0.3, 0.4) is 0 Å². The summed E-state index contributed by atoms with van der Waals surface area (Å²) in [6, 6.07) is 4.67. The lowest BCUT2D eigenvalue weighted by atomic mass is 10.1. The van der Waals surface area contributed by atoms with E-state index < -0.39 is 18.0 Å². The van der Waals surface area contributed by atoms with E-state index in [9.17, 15) is 14.7 Å². The first-order valence-corrected chi connectivity index (χ1v) is 6.69. The summed E-state index contributed by atoms with van der Waals surface area (Å²) < 4.78 is 0. The SMILES string of the molecule is C/C=C/CCNC(=O)N[C@H](Cc1ccc(O)cc1)C(=O)O. The number of benzene rings is 1. The number of urea groups is 1. The number of carbonyl (C=O) groups excluding carboxylic acids is 1. The summed E-state index contributed by atoms with van der Waals surface area (Å²) in [5.41, 5.74) is 0.717. The van der Waals surface area contributed by atoms with Crippen molar-refractivity contribution < 1.29 is 19.8 Å². The summed E-state index contributed by atoms with van der Waals surface area (Å²) in [5.74, 6) is -0.994. The van der Waals surface area contributed by atoms with Crippen LogP contribution in [0.1, 0.15) is 18.9 Å². The standard InChI is InChI=1S/C15H20N2O4/c1-2-3-4-9-16-15(21)17-13(14(19)20)10-11-5-7-12(18)8-6-11/h2-3,5-8,13,18H,4,9-10H2,1H3,(H,19,20)(H2,16,17,21)/b3-2+/t13-/m1/s1. The zero-order valence-electron chi connectivity index (χ0n) is 11.9. The van der Waals surface area contributed by atoms with Gasteiger partial charge in [0.2, 0.25) is 0 Å². The van der Waals surface area contributed by atoms with Crippen LogP contribution >= 0.6 is 0 Å². The molecule has 0 aliphatic heterocycles. The lowest BCUT2D eigenvalue weighted by Crippen LogP contribution is -2.47. The summed E-state index contributed by atoms with van der Waals surface area (Å²) in [7, 11) is 0. The van der Waals surface area contributed by atoms with Gasteiger partial charge in [0.1, 0.15) is 11.8 Å². The molecule has 0 aromatic heterocycles. The van der Waals surface area contributed by atoms with Crippen molar-refractivity contribution in [3.63, 3.8) is 0 Å². The number of carboxylic acid groups (broad SMARTS) is 1. The quantitative estimate of drug-likeness (QED) is 0.453. The fourth-order valence-corrected chi connectivity index (χ4v) is 1.71. The zero-order chi connectivity index (χ0) is 15.7. The number of nitrogens with one attached hydrogen (secondary N) is 2. The maximum atomic E-state index is 11.6. The summed E-state index contributed by atoms with van der Waals surface area (Å²) >= 11 is 0. The first-order chi connectivity index (χ1) is 10.0. The van der Waals surface area contributed by atoms with Gasteiger partial charge < -0.3 is 20.8 Å². The molecule has 0 saturated heterocycles. The van der Waals surface area contributed by atoms with Crippen molar-refractivity contribution in [2.75, 3.05) is 6.54 Å². The van der Waals surface area contributed by atoms with Crippen molar-refractivity contribution in [1.29, 1.82) is 0 Å². The second-order valence-corrected chi connectivity index (χ2v) is 4.52. The van der Waals surface area contributed by atoms with Crippen LogP contribution in [0, 0.1) is 0 Å². The lowest BCUT2D eigenvalue weighted by molar-refractivity contribution is -0.139. The fraction of sp³-hybridized carbons (Fsp3) is 0.333. The molecule has 0 bridgehead atoms. The number of allylic oxidation sites excluding steroid dienone is 1. The molecule has 0 radical (unpaired) electrons. The third kappa shape index (κ3) is 6.47. The van der Waals surface area contributed by atoms with Crippen LogP contribution in [0.5, 0.6) is 5.75 Å². The third-order valence-electron chi connectivity index (χ3n) is 2.81. The zero-order valence-corrected chi connectivity index (χ0v) is 11.9. The summed E-state index contributed by atoms with van der Waals surface area (Å²) in [4.78, 5) is 22.8. The molecule has 1 atom stereocenters. The van der Waals surface area contributed by atoms with Crippen molar-refractivity contribution in [2.45, 2.75) is 25.8 Å². The maximum Gasteiger partial charge on any atom is 0.326 e. The van der Waals surface area contributed by atoms with E-state index >= 15 is 0 Å². The smallest absolute Gasteiger partial charge is 0.326 e. The average molecular weight is 292 g/mol. The molecule has 0 aliphatic carbocycles. The minimum atomic E-state index is -1.10. The van der Waals surface area contributed by atoms with E-state index in [-0.39, 0.29) is 12.2 Å². The Morgan fingerprint density at radius 3 is 2.52 bits per heavy atom. The number of carbonyl (C=O) groups is 2. The van der Waals surface area contributed by atoms with Crippen LogP contribution in [-0.4, -0.2) is 34.8 Å². The molecular formula is C15H20N2O4. The first kappa shape index (κ1) is 16.6. The highest BCUT2D eigenvalue weighted by molar-refractivity contribution is 5.82. The number of aliphatic carboxylic acids is 1. The molecule has 0 heterocycles. The minimum Gasteiger partial charge on any atom is -0.508 e. The van der Waals surface area contributed by atoms with Gasteiger partial charge in [-0.25, -0.2) is 9.59 Å². The van der Waals surface area contributed by atoms with Crippen LogP contribution < -0.4 is 10.6 Å². The van der Waals surface area contributed by atoms with Gasteiger partial charge in [-0.3, -0.25) is 0 Å². The van der Waals surface area contributed by atoms with Gasteiger partial charge in [-0.2, -0.15) is 0 Å². The second kappa shape index (κ2) is 8.63. The molecule has 0 aliphatic rings. The molecule has 0 fully saturated rings. The highest BCUT2D eigenvalue weighted by atomic mass is 16.4. The van der Waals surface area contributed by atoms with Crippen molar-refractivity contribution in [3.8, 4) is 5.75 Å². The van der Waals surface area contributed by atoms with E-state index in [1.54, 1.807) is 12.1 Å². The van der Waals surface area contributed by atoms with Gasteiger partial charge in [-0.05, 0) is 31.0 Å². The van der Waals surface area contributed by atoms with Gasteiger partial charge in [0.05, 0.1) is 0 Å². The van der Waals surface area contributed by atoms with Crippen molar-refractivity contribution >= 4 is 12.0 Å². The first-order valence-electron chi connectivity index (χ1n) is 6.69. The molecule has 0 spiro atoms. The Kier molecular flexibility index (Phi) is 6.80. The van der Waals surface area contributed by atoms with Gasteiger partial charge in [0, 0.05) is 13.0 Å². The predicted octanol–water partition coefficient (Wildman–Crippen LogP) is 1.65. The van der Waals surface area contributed by atoms with Crippen molar-refractivity contribution in [1.82, 2.24) is 10.6 Å². The normalized spacial score (nSPS) is 12.0. The molecule has 21 heavy (non-hydrogen) atoms. The highest BCUT2D eigenvalue weighted by Crippen LogP contribution is 2.11. The monoisotopic (exact) mass is 292 g/mol. The van der Waals surface area contributed by atoms with Crippen molar-refractivity contribution in [2.24, 2.45) is 0 Å². The number of hydrogen-bond donors (Lipinski definition) is 4. The van der Waals surface area contributed by atoms with Crippen molar-refractivity contribution in [3.05, 3.63) is 42.0 Å². The average Bonchev–Trinajstić information content (AvgIpc) is 2.45. The summed E-state index contributed by atoms with van der Waals surface area (Å²) in [6.07, 6.45) is 4.63. The van der Waals surface area contributed by atoms with Crippen LogP contribution in [0.25, 0.3) is 0 Å². The Labute approximate surface area is 123 Å². The van der Waals surface area contributed by atoms with E-state index in [0.29, 0.717) is 13.0 Å². The Balaban J connectivity index is 2.51. The van der Waals surface area contributed by atoms with Gasteiger partial charge in [-0.15, -0.1) is 0 Å². The van der Waals surface area contributed by atoms with E-state index in [4.69, 9.17) is 5.11 Å². The van der Waals surface area contributed by atoms with Gasteiger partial charge in [-0.1, -0.05) is 24.3 Å². The number of phenolic OH excluding ortho intramolecular Hbond substituents is 1. The molecule has 1 rings (SSSR count). The molecule has 0 saturated carbocycles. The fourth-order valence-electron chi connectivity index (χ4n) is 1.71. The van der Waals surface area contributed by atoms with Gasteiger partial charge in [0.25, 0.3) is 0 Å². The van der Waals surface area contributed by atoms with E-state index in [0.717, 1.165) is 5.56 Å². The molecular weight excluding hydrogens is 272 g/mol. The molecule has 6 heteroatoms. The number of hydrogen-bond acceptors (Lipinski definition) is 3. The van der Waals surface area contributed by atoms with Crippen LogP contribution in [0.2, 0.25) is 0 Å². The summed E-state index contributed by atoms with van der Waals surface area (Å²) in [6.45, 7) is 2.33. The number of rotatable bonds is 7. The van der Waals surface area contributed by atoms with Gasteiger partial charge in [0.15, 0.2) is 0 Å². The Morgan fingerprint density at radius 2 is 1.95 bits per heavy atom. The van der Waals surface area contributed by atoms with Crippen LogP contribution in [-0.2, 0) is 11.2 Å². The van der Waals surface area contributed by atoms with E-state index in [1.165, 1.54) is 12.1 Å². The van der Waals surface area contributed by atoms with E-state index in [2.05, 4.69) is 10.6 Å². The van der Waals surface area contributed by atoms with Gasteiger partial charge >= 0.3 is 12.0 Å². The molecule has 1 aromatic rings. The molecule has 1 aromatic carbocycles. The topological polar surface area (TPSA) is 98.7 Å². The second-order valence-electron chi connectivity index (χ2n) is 4.52. The minimum absolute atomic E-state index is 0.111. The number of phenols is 1. The number of aromatic hydroxyl groups is 1. The predicted molar refractivity (Wildman–Crippen MR) is 79.2 cm³/mol. The molecule has 4 N–H and O–H groups in total. The Morgan fingerprint density at radius 1 is 1.29 bits per heavy atom. The number of carboxylic acids is 1. The molecule has 6 nitrogen and oxygen atoms in total. The lowest BCUT2D eigenvalue weighted by Gasteiger charge is -2.15.